The Hall–Kier alpha value is -2.35. The van der Waals surface area contributed by atoms with Crippen LogP contribution in [0, 0.1) is 0 Å². The molecule has 0 atom stereocenters. The highest BCUT2D eigenvalue weighted by Gasteiger charge is 2.09. The molecule has 19 heavy (non-hydrogen) atoms. The van der Waals surface area contributed by atoms with Crippen LogP contribution >= 0.6 is 0 Å². The van der Waals surface area contributed by atoms with Gasteiger partial charge in [-0.05, 0) is 30.5 Å². The van der Waals surface area contributed by atoms with Crippen molar-refractivity contribution in [3.63, 3.8) is 0 Å². The van der Waals surface area contributed by atoms with Crippen LogP contribution in [0.4, 0.5) is 0 Å². The first-order valence-corrected chi connectivity index (χ1v) is 6.46. The average molecular weight is 249 g/mol. The largest absolute Gasteiger partial charge is 0.493 e. The van der Waals surface area contributed by atoms with Crippen molar-refractivity contribution >= 4 is 10.8 Å². The number of fused-ring (bicyclic) bond motifs is 1. The highest BCUT2D eigenvalue weighted by Crippen LogP contribution is 2.33. The number of hydrogen-bond donors (Lipinski definition) is 0. The second kappa shape index (κ2) is 5.11. The number of hydrogen-bond acceptors (Lipinski definition) is 2. The third kappa shape index (κ3) is 2.17. The zero-order valence-electron chi connectivity index (χ0n) is 10.8. The fourth-order valence-electron chi connectivity index (χ4n) is 2.28. The van der Waals surface area contributed by atoms with E-state index in [-0.39, 0.29) is 0 Å². The first kappa shape index (κ1) is 11.7. The lowest BCUT2D eigenvalue weighted by Crippen LogP contribution is -1.95. The molecule has 0 aliphatic rings. The molecule has 3 aromatic rings. The number of ether oxygens (including phenoxy) is 1. The van der Waals surface area contributed by atoms with Crippen LogP contribution in [0.15, 0.2) is 60.8 Å². The van der Waals surface area contributed by atoms with Crippen molar-refractivity contribution in [2.45, 2.75) is 6.92 Å². The van der Waals surface area contributed by atoms with Crippen LogP contribution in [0.2, 0.25) is 0 Å². The Kier molecular flexibility index (Phi) is 3.15. The summed E-state index contributed by atoms with van der Waals surface area (Å²) >= 11 is 0. The van der Waals surface area contributed by atoms with Gasteiger partial charge in [-0.3, -0.25) is 4.98 Å². The fraction of sp³-hybridized carbons (Fsp3) is 0.118. The Morgan fingerprint density at radius 2 is 1.74 bits per heavy atom. The highest BCUT2D eigenvalue weighted by molar-refractivity contribution is 5.95. The molecule has 0 saturated carbocycles. The molecule has 0 unspecified atom stereocenters. The molecule has 2 aromatic carbocycles. The average Bonchev–Trinajstić information content (AvgIpc) is 2.48. The van der Waals surface area contributed by atoms with E-state index in [1.54, 1.807) is 0 Å². The van der Waals surface area contributed by atoms with Crippen molar-refractivity contribution in [3.8, 4) is 17.0 Å². The molecule has 0 radical (unpaired) electrons. The molecule has 1 aromatic heterocycles. The number of para-hydroxylation sites is 1. The number of rotatable bonds is 3. The van der Waals surface area contributed by atoms with Crippen LogP contribution in [0.25, 0.3) is 22.0 Å². The lowest BCUT2D eigenvalue weighted by Gasteiger charge is -2.11. The third-order valence-corrected chi connectivity index (χ3v) is 3.12. The maximum Gasteiger partial charge on any atom is 0.128 e. The van der Waals surface area contributed by atoms with Gasteiger partial charge in [0.25, 0.3) is 0 Å². The first-order valence-electron chi connectivity index (χ1n) is 6.46. The van der Waals surface area contributed by atoms with Crippen LogP contribution in [-0.4, -0.2) is 11.6 Å². The Morgan fingerprint density at radius 3 is 2.63 bits per heavy atom. The van der Waals surface area contributed by atoms with Gasteiger partial charge in [0, 0.05) is 17.1 Å². The van der Waals surface area contributed by atoms with E-state index < -0.39 is 0 Å². The van der Waals surface area contributed by atoms with E-state index in [0.29, 0.717) is 6.61 Å². The van der Waals surface area contributed by atoms with Gasteiger partial charge in [-0.1, -0.05) is 36.4 Å². The monoisotopic (exact) mass is 249 g/mol. The molecule has 3 rings (SSSR count). The van der Waals surface area contributed by atoms with E-state index in [9.17, 15) is 0 Å². The molecule has 0 amide bonds. The molecule has 2 nitrogen and oxygen atoms in total. The maximum absolute atomic E-state index is 5.70. The van der Waals surface area contributed by atoms with E-state index in [2.05, 4.69) is 23.2 Å². The van der Waals surface area contributed by atoms with E-state index >= 15 is 0 Å². The third-order valence-electron chi connectivity index (χ3n) is 3.12. The predicted molar refractivity (Wildman–Crippen MR) is 78.3 cm³/mol. The van der Waals surface area contributed by atoms with Gasteiger partial charge in [0.15, 0.2) is 0 Å². The summed E-state index contributed by atoms with van der Waals surface area (Å²) in [6.07, 6.45) is 1.85. The quantitative estimate of drug-likeness (QED) is 0.690. The van der Waals surface area contributed by atoms with E-state index in [1.165, 1.54) is 5.39 Å². The zero-order valence-corrected chi connectivity index (χ0v) is 10.8. The van der Waals surface area contributed by atoms with Crippen molar-refractivity contribution in [1.82, 2.24) is 4.98 Å². The molecule has 94 valence electrons. The Bertz CT molecular complexity index is 701. The van der Waals surface area contributed by atoms with Gasteiger partial charge < -0.3 is 4.74 Å². The SMILES string of the molecule is CCOc1ccccc1-c1nccc2ccccc12. The van der Waals surface area contributed by atoms with Crippen molar-refractivity contribution in [2.24, 2.45) is 0 Å². The summed E-state index contributed by atoms with van der Waals surface area (Å²) in [5.74, 6) is 0.883. The lowest BCUT2D eigenvalue weighted by molar-refractivity contribution is 0.341. The summed E-state index contributed by atoms with van der Waals surface area (Å²) in [4.78, 5) is 4.54. The summed E-state index contributed by atoms with van der Waals surface area (Å²) in [6, 6.07) is 18.4. The molecule has 1 heterocycles. The minimum Gasteiger partial charge on any atom is -0.493 e. The van der Waals surface area contributed by atoms with Gasteiger partial charge in [0.05, 0.1) is 12.3 Å². The molecule has 0 aliphatic heterocycles. The van der Waals surface area contributed by atoms with Gasteiger partial charge in [0.1, 0.15) is 5.75 Å². The topological polar surface area (TPSA) is 22.1 Å². The second-order valence-electron chi connectivity index (χ2n) is 4.31. The molecule has 0 fully saturated rings. The van der Waals surface area contributed by atoms with E-state index in [4.69, 9.17) is 4.74 Å². The van der Waals surface area contributed by atoms with Crippen LogP contribution in [0.1, 0.15) is 6.92 Å². The number of aromatic nitrogens is 1. The van der Waals surface area contributed by atoms with Crippen molar-refractivity contribution < 1.29 is 4.74 Å². The van der Waals surface area contributed by atoms with Crippen molar-refractivity contribution in [1.29, 1.82) is 0 Å². The van der Waals surface area contributed by atoms with Crippen LogP contribution in [-0.2, 0) is 0 Å². The fourth-order valence-corrected chi connectivity index (χ4v) is 2.28. The van der Waals surface area contributed by atoms with Gasteiger partial charge in [-0.2, -0.15) is 0 Å². The zero-order chi connectivity index (χ0) is 13.1. The van der Waals surface area contributed by atoms with Crippen LogP contribution in [0.3, 0.4) is 0 Å². The molecular formula is C17H15NO. The minimum atomic E-state index is 0.655. The smallest absolute Gasteiger partial charge is 0.128 e. The highest BCUT2D eigenvalue weighted by atomic mass is 16.5. The minimum absolute atomic E-state index is 0.655. The number of nitrogens with zero attached hydrogens (tertiary/aromatic N) is 1. The summed E-state index contributed by atoms with van der Waals surface area (Å²) in [7, 11) is 0. The summed E-state index contributed by atoms with van der Waals surface area (Å²) in [6.45, 7) is 2.65. The molecule has 2 heteroatoms. The molecule has 0 bridgehead atoms. The first-order chi connectivity index (χ1) is 9.40. The predicted octanol–water partition coefficient (Wildman–Crippen LogP) is 4.30. The Morgan fingerprint density at radius 1 is 0.947 bits per heavy atom. The summed E-state index contributed by atoms with van der Waals surface area (Å²) in [5, 5.41) is 2.34. The lowest BCUT2D eigenvalue weighted by atomic mass is 10.0. The van der Waals surface area contributed by atoms with Crippen molar-refractivity contribution in [3.05, 3.63) is 60.8 Å². The number of pyridine rings is 1. The van der Waals surface area contributed by atoms with Gasteiger partial charge in [-0.15, -0.1) is 0 Å². The molecular weight excluding hydrogens is 234 g/mol. The molecule has 0 N–H and O–H groups in total. The Labute approximate surface area is 112 Å². The van der Waals surface area contributed by atoms with E-state index in [1.807, 2.05) is 49.5 Å². The van der Waals surface area contributed by atoms with Gasteiger partial charge in [0.2, 0.25) is 0 Å². The van der Waals surface area contributed by atoms with Crippen LogP contribution in [0.5, 0.6) is 5.75 Å². The second-order valence-corrected chi connectivity index (χ2v) is 4.31. The maximum atomic E-state index is 5.70. The van der Waals surface area contributed by atoms with Crippen LogP contribution < -0.4 is 4.74 Å². The molecule has 0 spiro atoms. The van der Waals surface area contributed by atoms with Gasteiger partial charge >= 0.3 is 0 Å². The van der Waals surface area contributed by atoms with Crippen molar-refractivity contribution in [2.75, 3.05) is 6.61 Å². The summed E-state index contributed by atoms with van der Waals surface area (Å²) in [5.41, 5.74) is 2.02. The molecule has 0 aliphatic carbocycles. The summed E-state index contributed by atoms with van der Waals surface area (Å²) < 4.78 is 5.70. The van der Waals surface area contributed by atoms with Gasteiger partial charge in [-0.25, -0.2) is 0 Å². The number of benzene rings is 2. The van der Waals surface area contributed by atoms with E-state index in [0.717, 1.165) is 22.4 Å². The normalized spacial score (nSPS) is 10.6. The standard InChI is InChI=1S/C17H15NO/c1-2-19-16-10-6-5-9-15(16)17-14-8-4-3-7-13(14)11-12-18-17/h3-12H,2H2,1H3. The Balaban J connectivity index is 2.25. The molecule has 0 saturated heterocycles.